The fourth-order valence-electron chi connectivity index (χ4n) is 1.28. The number of nitrogens with zero attached hydrogens (tertiary/aromatic N) is 5. The van der Waals surface area contributed by atoms with Gasteiger partial charge in [-0.15, -0.1) is 0 Å². The van der Waals surface area contributed by atoms with Crippen molar-refractivity contribution in [1.29, 1.82) is 0 Å². The van der Waals surface area contributed by atoms with Gasteiger partial charge in [0.15, 0.2) is 0 Å². The lowest BCUT2D eigenvalue weighted by atomic mass is 10.2. The Morgan fingerprint density at radius 2 is 2.16 bits per heavy atom. The topological polar surface area (TPSA) is 68.5 Å². The van der Waals surface area contributed by atoms with Crippen LogP contribution in [0.2, 0.25) is 5.28 Å². The van der Waals surface area contributed by atoms with Gasteiger partial charge in [0, 0.05) is 23.7 Å². The summed E-state index contributed by atoms with van der Waals surface area (Å²) < 4.78 is 1.77. The first-order valence-electron chi connectivity index (χ1n) is 5.69. The van der Waals surface area contributed by atoms with Gasteiger partial charge >= 0.3 is 0 Å². The molecule has 0 radical (unpaired) electrons. The van der Waals surface area contributed by atoms with Crippen molar-refractivity contribution in [2.24, 2.45) is 0 Å². The molecule has 0 saturated carbocycles. The molecule has 6 nitrogen and oxygen atoms in total. The van der Waals surface area contributed by atoms with Crippen molar-refractivity contribution in [3.63, 3.8) is 0 Å². The molecular weight excluding hydrogens is 284 g/mol. The minimum absolute atomic E-state index is 0.0915. The average Bonchev–Trinajstić information content (AvgIpc) is 2.90. The van der Waals surface area contributed by atoms with Crippen LogP contribution in [0.4, 0.5) is 5.95 Å². The third-order valence-corrected chi connectivity index (χ3v) is 3.98. The summed E-state index contributed by atoms with van der Waals surface area (Å²) >= 11 is 7.68. The number of hydrogen-bond acceptors (Lipinski definition) is 6. The second kappa shape index (κ2) is 5.75. The number of halogens is 1. The van der Waals surface area contributed by atoms with E-state index in [2.05, 4.69) is 45.4 Å². The predicted molar refractivity (Wildman–Crippen MR) is 78.0 cm³/mol. The Bertz CT molecular complexity index is 542. The van der Waals surface area contributed by atoms with Gasteiger partial charge in [0.2, 0.25) is 17.2 Å². The van der Waals surface area contributed by atoms with Crippen LogP contribution in [-0.2, 0) is 0 Å². The first-order valence-corrected chi connectivity index (χ1v) is 7.29. The summed E-state index contributed by atoms with van der Waals surface area (Å²) in [4.78, 5) is 16.4. The lowest BCUT2D eigenvalue weighted by Gasteiger charge is -2.22. The van der Waals surface area contributed by atoms with Gasteiger partial charge in [-0.3, -0.25) is 4.57 Å². The molecule has 0 saturated heterocycles. The van der Waals surface area contributed by atoms with E-state index in [0.717, 1.165) is 6.54 Å². The maximum absolute atomic E-state index is 5.91. The van der Waals surface area contributed by atoms with Crippen molar-refractivity contribution in [2.45, 2.75) is 18.6 Å². The Hall–Kier alpha value is -1.34. The molecule has 19 heavy (non-hydrogen) atoms. The zero-order chi connectivity index (χ0) is 13.9. The average molecular weight is 299 g/mol. The molecule has 102 valence electrons. The molecule has 2 aromatic rings. The van der Waals surface area contributed by atoms with E-state index in [1.807, 2.05) is 0 Å². The molecule has 2 aromatic heterocycles. The van der Waals surface area contributed by atoms with Crippen molar-refractivity contribution in [2.75, 3.05) is 18.1 Å². The van der Waals surface area contributed by atoms with Gasteiger partial charge in [-0.1, -0.05) is 0 Å². The summed E-state index contributed by atoms with van der Waals surface area (Å²) in [6.45, 7) is 5.02. The number of rotatable bonds is 5. The second-order valence-electron chi connectivity index (χ2n) is 4.52. The molecule has 0 bridgehead atoms. The van der Waals surface area contributed by atoms with Gasteiger partial charge in [-0.25, -0.2) is 4.98 Å². The highest BCUT2D eigenvalue weighted by atomic mass is 35.5. The van der Waals surface area contributed by atoms with E-state index in [1.165, 1.54) is 0 Å². The van der Waals surface area contributed by atoms with Crippen LogP contribution in [0.5, 0.6) is 0 Å². The first kappa shape index (κ1) is 14.1. The highest BCUT2D eigenvalue weighted by molar-refractivity contribution is 7.99. The Labute approximate surface area is 121 Å². The Morgan fingerprint density at radius 1 is 1.37 bits per heavy atom. The zero-order valence-electron chi connectivity index (χ0n) is 11.0. The van der Waals surface area contributed by atoms with Crippen LogP contribution in [0, 0.1) is 0 Å². The van der Waals surface area contributed by atoms with Crippen LogP contribution < -0.4 is 5.32 Å². The van der Waals surface area contributed by atoms with E-state index in [9.17, 15) is 0 Å². The van der Waals surface area contributed by atoms with Crippen LogP contribution in [-0.4, -0.2) is 42.1 Å². The van der Waals surface area contributed by atoms with Gasteiger partial charge in [0.1, 0.15) is 6.33 Å². The highest BCUT2D eigenvalue weighted by Gasteiger charge is 2.16. The SMILES string of the molecule is CSC(C)(C)CNc1nc(Cl)nc(-n2ccnc2)n1. The summed E-state index contributed by atoms with van der Waals surface area (Å²) in [6.07, 6.45) is 7.09. The van der Waals surface area contributed by atoms with E-state index < -0.39 is 0 Å². The Balaban J connectivity index is 2.18. The monoisotopic (exact) mass is 298 g/mol. The third kappa shape index (κ3) is 3.81. The van der Waals surface area contributed by atoms with E-state index in [-0.39, 0.29) is 10.0 Å². The van der Waals surface area contributed by atoms with Crippen LogP contribution >= 0.6 is 23.4 Å². The molecule has 0 spiro atoms. The minimum Gasteiger partial charge on any atom is -0.353 e. The smallest absolute Gasteiger partial charge is 0.241 e. The molecule has 0 unspecified atom stereocenters. The number of aromatic nitrogens is 5. The van der Waals surface area contributed by atoms with Crippen molar-refractivity contribution in [3.05, 3.63) is 24.0 Å². The molecule has 2 heterocycles. The second-order valence-corrected chi connectivity index (χ2v) is 6.37. The molecule has 0 aliphatic heterocycles. The molecule has 0 fully saturated rings. The number of nitrogens with one attached hydrogen (secondary N) is 1. The Morgan fingerprint density at radius 3 is 2.79 bits per heavy atom. The van der Waals surface area contributed by atoms with Gasteiger partial charge in [0.05, 0.1) is 0 Å². The number of thioether (sulfide) groups is 1. The lowest BCUT2D eigenvalue weighted by molar-refractivity contribution is 0.743. The summed E-state index contributed by atoms with van der Waals surface area (Å²) in [5.74, 6) is 0.910. The maximum atomic E-state index is 5.91. The summed E-state index contributed by atoms with van der Waals surface area (Å²) in [5, 5.41) is 3.33. The normalized spacial score (nSPS) is 11.6. The van der Waals surface area contributed by atoms with Crippen molar-refractivity contribution in [1.82, 2.24) is 24.5 Å². The van der Waals surface area contributed by atoms with Gasteiger partial charge < -0.3 is 5.32 Å². The highest BCUT2D eigenvalue weighted by Crippen LogP contribution is 2.21. The summed E-state index contributed by atoms with van der Waals surface area (Å²) in [5.41, 5.74) is 0. The largest absolute Gasteiger partial charge is 0.353 e. The standard InChI is InChI=1S/C11H15ClN6S/c1-11(2,19-3)6-14-9-15-8(12)16-10(17-9)18-5-4-13-7-18/h4-5,7H,6H2,1-3H3,(H,14,15,16,17). The van der Waals surface area contributed by atoms with Crippen LogP contribution in [0.25, 0.3) is 5.95 Å². The fraction of sp³-hybridized carbons (Fsp3) is 0.455. The molecule has 0 aliphatic carbocycles. The van der Waals surface area contributed by atoms with Crippen molar-refractivity contribution in [3.8, 4) is 5.95 Å². The fourth-order valence-corrected chi connectivity index (χ4v) is 1.65. The molecule has 1 N–H and O–H groups in total. The number of imidazole rings is 1. The molecule has 2 rings (SSSR count). The van der Waals surface area contributed by atoms with E-state index in [4.69, 9.17) is 11.6 Å². The number of hydrogen-bond donors (Lipinski definition) is 1. The predicted octanol–water partition coefficient (Wildman–Crippen LogP) is 2.26. The van der Waals surface area contributed by atoms with Crippen molar-refractivity contribution < 1.29 is 0 Å². The molecular formula is C11H15ClN6S. The molecule has 0 aliphatic rings. The van der Waals surface area contributed by atoms with Crippen LogP contribution in [0.1, 0.15) is 13.8 Å². The third-order valence-electron chi connectivity index (χ3n) is 2.56. The van der Waals surface area contributed by atoms with Crippen LogP contribution in [0.3, 0.4) is 0 Å². The zero-order valence-corrected chi connectivity index (χ0v) is 12.5. The van der Waals surface area contributed by atoms with Crippen LogP contribution in [0.15, 0.2) is 18.7 Å². The van der Waals surface area contributed by atoms with Gasteiger partial charge in [-0.2, -0.15) is 26.7 Å². The summed E-state index contributed by atoms with van der Waals surface area (Å²) in [6, 6.07) is 0. The van der Waals surface area contributed by atoms with E-state index >= 15 is 0 Å². The maximum Gasteiger partial charge on any atom is 0.241 e. The molecule has 8 heteroatoms. The molecule has 0 amide bonds. The van der Waals surface area contributed by atoms with Gasteiger partial charge in [-0.05, 0) is 31.7 Å². The first-order chi connectivity index (χ1) is 9.00. The molecule has 0 atom stereocenters. The summed E-state index contributed by atoms with van der Waals surface area (Å²) in [7, 11) is 0. The Kier molecular flexibility index (Phi) is 4.26. The van der Waals surface area contributed by atoms with Gasteiger partial charge in [0.25, 0.3) is 0 Å². The molecule has 0 aromatic carbocycles. The van der Waals surface area contributed by atoms with E-state index in [0.29, 0.717) is 11.9 Å². The number of anilines is 1. The van der Waals surface area contributed by atoms with E-state index in [1.54, 1.807) is 35.0 Å². The quantitative estimate of drug-likeness (QED) is 0.913. The minimum atomic E-state index is 0.0915. The van der Waals surface area contributed by atoms with Crippen molar-refractivity contribution >= 4 is 29.3 Å². The lowest BCUT2D eigenvalue weighted by Crippen LogP contribution is -2.26.